The lowest BCUT2D eigenvalue weighted by atomic mass is 9.88. The van der Waals surface area contributed by atoms with Crippen molar-refractivity contribution >= 4 is 11.8 Å². The van der Waals surface area contributed by atoms with E-state index in [0.29, 0.717) is 13.0 Å². The molecule has 3 aromatic rings. The molecule has 0 bridgehead atoms. The number of methoxy groups -OCH3 is 1. The van der Waals surface area contributed by atoms with Crippen LogP contribution in [0, 0.1) is 0 Å². The summed E-state index contributed by atoms with van der Waals surface area (Å²) in [5.41, 5.74) is 3.08. The van der Waals surface area contributed by atoms with Crippen LogP contribution in [0.1, 0.15) is 62.6 Å². The molecule has 0 aliphatic rings. The fourth-order valence-electron chi connectivity index (χ4n) is 4.42. The summed E-state index contributed by atoms with van der Waals surface area (Å²) in [6.07, 6.45) is 1.63. The summed E-state index contributed by atoms with van der Waals surface area (Å²) in [5.74, 6) is 0.451. The molecule has 3 rings (SSSR count). The van der Waals surface area contributed by atoms with Gasteiger partial charge in [-0.2, -0.15) is 0 Å². The largest absolute Gasteiger partial charge is 0.497 e. The molecule has 1 N–H and O–H groups in total. The number of nitrogens with one attached hydrogen (secondary N) is 1. The van der Waals surface area contributed by atoms with Crippen LogP contribution in [0.25, 0.3) is 0 Å². The van der Waals surface area contributed by atoms with Gasteiger partial charge in [0, 0.05) is 24.9 Å². The molecule has 0 unspecified atom stereocenters. The highest BCUT2D eigenvalue weighted by Gasteiger charge is 2.31. The highest BCUT2D eigenvalue weighted by Crippen LogP contribution is 2.30. The third kappa shape index (κ3) is 7.20. The number of amides is 2. The van der Waals surface area contributed by atoms with Crippen molar-refractivity contribution in [3.8, 4) is 5.75 Å². The first-order valence-electron chi connectivity index (χ1n) is 12.8. The van der Waals surface area contributed by atoms with Gasteiger partial charge in [0.25, 0.3) is 0 Å². The van der Waals surface area contributed by atoms with Crippen LogP contribution < -0.4 is 10.1 Å². The topological polar surface area (TPSA) is 58.6 Å². The zero-order chi connectivity index (χ0) is 25.9. The summed E-state index contributed by atoms with van der Waals surface area (Å²) in [4.78, 5) is 29.1. The van der Waals surface area contributed by atoms with Crippen molar-refractivity contribution in [3.05, 3.63) is 102 Å². The Balaban J connectivity index is 1.96. The van der Waals surface area contributed by atoms with E-state index < -0.39 is 6.04 Å². The molecule has 5 heteroatoms. The third-order valence-electron chi connectivity index (χ3n) is 6.66. The Morgan fingerprint density at radius 2 is 1.47 bits per heavy atom. The lowest BCUT2D eigenvalue weighted by Gasteiger charge is -2.33. The van der Waals surface area contributed by atoms with E-state index in [-0.39, 0.29) is 30.2 Å². The standard InChI is InChI=1S/C31H38N2O3/c1-5-23(3)32-31(35)29(6-2)33(22-24-14-13-19-27(20-24)36-4)30(34)21-28(25-15-9-7-10-16-25)26-17-11-8-12-18-26/h7-20,23,28-29H,5-6,21-22H2,1-4H3,(H,32,35)/t23-,29-/m0/s1. The van der Waals surface area contributed by atoms with Gasteiger partial charge in [-0.3, -0.25) is 9.59 Å². The highest BCUT2D eigenvalue weighted by molar-refractivity contribution is 5.88. The van der Waals surface area contributed by atoms with Crippen LogP contribution in [0.5, 0.6) is 5.75 Å². The zero-order valence-electron chi connectivity index (χ0n) is 21.8. The van der Waals surface area contributed by atoms with E-state index in [4.69, 9.17) is 4.74 Å². The Bertz CT molecular complexity index is 1060. The van der Waals surface area contributed by atoms with E-state index in [1.54, 1.807) is 12.0 Å². The first kappa shape index (κ1) is 27.0. The Morgan fingerprint density at radius 1 is 0.861 bits per heavy atom. The quantitative estimate of drug-likeness (QED) is 0.345. The fourth-order valence-corrected chi connectivity index (χ4v) is 4.42. The minimum atomic E-state index is -0.565. The van der Waals surface area contributed by atoms with Crippen molar-refractivity contribution in [3.63, 3.8) is 0 Å². The van der Waals surface area contributed by atoms with Crippen LogP contribution in [0.4, 0.5) is 0 Å². The van der Waals surface area contributed by atoms with Gasteiger partial charge >= 0.3 is 0 Å². The van der Waals surface area contributed by atoms with Crippen LogP contribution in [0.3, 0.4) is 0 Å². The average Bonchev–Trinajstić information content (AvgIpc) is 2.92. The molecule has 2 amide bonds. The van der Waals surface area contributed by atoms with Crippen molar-refractivity contribution in [2.75, 3.05) is 7.11 Å². The number of hydrogen-bond donors (Lipinski definition) is 1. The van der Waals surface area contributed by atoms with Gasteiger partial charge < -0.3 is 15.0 Å². The number of benzene rings is 3. The molecule has 0 fully saturated rings. The van der Waals surface area contributed by atoms with Gasteiger partial charge in [-0.1, -0.05) is 86.6 Å². The van der Waals surface area contributed by atoms with Crippen molar-refractivity contribution < 1.29 is 14.3 Å². The molecule has 0 aliphatic carbocycles. The zero-order valence-corrected chi connectivity index (χ0v) is 21.8. The maximum absolute atomic E-state index is 14.0. The van der Waals surface area contributed by atoms with E-state index in [1.807, 2.05) is 81.4 Å². The van der Waals surface area contributed by atoms with Crippen molar-refractivity contribution in [2.45, 2.75) is 64.6 Å². The van der Waals surface area contributed by atoms with E-state index in [2.05, 4.69) is 29.6 Å². The Morgan fingerprint density at radius 3 is 2.00 bits per heavy atom. The molecule has 0 radical (unpaired) electrons. The van der Waals surface area contributed by atoms with Gasteiger partial charge in [0.2, 0.25) is 11.8 Å². The predicted octanol–water partition coefficient (Wildman–Crippen LogP) is 5.94. The van der Waals surface area contributed by atoms with Crippen LogP contribution >= 0.6 is 0 Å². The monoisotopic (exact) mass is 486 g/mol. The number of rotatable bonds is 12. The van der Waals surface area contributed by atoms with Crippen LogP contribution in [0.15, 0.2) is 84.9 Å². The van der Waals surface area contributed by atoms with Crippen LogP contribution in [-0.2, 0) is 16.1 Å². The molecule has 5 nitrogen and oxygen atoms in total. The summed E-state index contributed by atoms with van der Waals surface area (Å²) >= 11 is 0. The lowest BCUT2D eigenvalue weighted by Crippen LogP contribution is -2.51. The molecule has 0 saturated carbocycles. The maximum atomic E-state index is 14.0. The van der Waals surface area contributed by atoms with Crippen molar-refractivity contribution in [1.29, 1.82) is 0 Å². The third-order valence-corrected chi connectivity index (χ3v) is 6.66. The van der Waals surface area contributed by atoms with E-state index >= 15 is 0 Å². The van der Waals surface area contributed by atoms with Gasteiger partial charge in [-0.05, 0) is 48.6 Å². The Kier molecular flexibility index (Phi) is 10.1. The number of hydrogen-bond acceptors (Lipinski definition) is 3. The molecule has 0 aliphatic heterocycles. The second-order valence-electron chi connectivity index (χ2n) is 9.19. The highest BCUT2D eigenvalue weighted by atomic mass is 16.5. The number of carbonyl (C=O) groups is 2. The molecule has 36 heavy (non-hydrogen) atoms. The van der Waals surface area contributed by atoms with Crippen molar-refractivity contribution in [1.82, 2.24) is 10.2 Å². The fraction of sp³-hybridized carbons (Fsp3) is 0.355. The van der Waals surface area contributed by atoms with Gasteiger partial charge in [0.1, 0.15) is 11.8 Å². The predicted molar refractivity (Wildman–Crippen MR) is 145 cm³/mol. The van der Waals surface area contributed by atoms with Gasteiger partial charge in [-0.25, -0.2) is 0 Å². The first-order chi connectivity index (χ1) is 17.5. The van der Waals surface area contributed by atoms with Crippen molar-refractivity contribution in [2.24, 2.45) is 0 Å². The molecule has 3 aromatic carbocycles. The summed E-state index contributed by atoms with van der Waals surface area (Å²) in [6.45, 7) is 6.31. The summed E-state index contributed by atoms with van der Waals surface area (Å²) in [7, 11) is 1.63. The molecule has 0 spiro atoms. The summed E-state index contributed by atoms with van der Waals surface area (Å²) in [5, 5.41) is 3.08. The lowest BCUT2D eigenvalue weighted by molar-refractivity contribution is -0.141. The normalized spacial score (nSPS) is 12.6. The Labute approximate surface area is 215 Å². The van der Waals surface area contributed by atoms with E-state index in [1.165, 1.54) is 0 Å². The summed E-state index contributed by atoms with van der Waals surface area (Å²) < 4.78 is 5.40. The van der Waals surface area contributed by atoms with Crippen LogP contribution in [-0.4, -0.2) is 35.9 Å². The van der Waals surface area contributed by atoms with Gasteiger partial charge in [0.15, 0.2) is 0 Å². The van der Waals surface area contributed by atoms with E-state index in [0.717, 1.165) is 28.9 Å². The number of ether oxygens (including phenoxy) is 1. The molecule has 2 atom stereocenters. The second-order valence-corrected chi connectivity index (χ2v) is 9.19. The minimum absolute atomic E-state index is 0.0432. The van der Waals surface area contributed by atoms with E-state index in [9.17, 15) is 9.59 Å². The first-order valence-corrected chi connectivity index (χ1v) is 12.8. The number of carbonyl (C=O) groups excluding carboxylic acids is 2. The molecule has 0 heterocycles. The molecule has 190 valence electrons. The Hall–Kier alpha value is -3.60. The van der Waals surface area contributed by atoms with Gasteiger partial charge in [-0.15, -0.1) is 0 Å². The summed E-state index contributed by atoms with van der Waals surface area (Å²) in [6, 6.07) is 27.3. The molecule has 0 aromatic heterocycles. The minimum Gasteiger partial charge on any atom is -0.497 e. The number of nitrogens with zero attached hydrogens (tertiary/aromatic N) is 1. The maximum Gasteiger partial charge on any atom is 0.243 e. The average molecular weight is 487 g/mol. The molecular formula is C31H38N2O3. The van der Waals surface area contributed by atoms with Gasteiger partial charge in [0.05, 0.1) is 7.11 Å². The SMILES string of the molecule is CC[C@H](C)NC(=O)[C@H](CC)N(Cc1cccc(OC)c1)C(=O)CC(c1ccccc1)c1ccccc1. The second kappa shape index (κ2) is 13.5. The smallest absolute Gasteiger partial charge is 0.243 e. The van der Waals surface area contributed by atoms with Crippen LogP contribution in [0.2, 0.25) is 0 Å². The molecule has 0 saturated heterocycles. The molecular weight excluding hydrogens is 448 g/mol.